The predicted octanol–water partition coefficient (Wildman–Crippen LogP) is 1.68. The van der Waals surface area contributed by atoms with Crippen LogP contribution in [0, 0.1) is 5.82 Å². The van der Waals surface area contributed by atoms with Crippen LogP contribution >= 0.6 is 0 Å². The normalized spacial score (nSPS) is 15.0. The van der Waals surface area contributed by atoms with E-state index in [1.54, 1.807) is 12.1 Å². The van der Waals surface area contributed by atoms with Gasteiger partial charge in [-0.1, -0.05) is 19.1 Å². The highest BCUT2D eigenvalue weighted by atomic mass is 19.1. The molecule has 0 aliphatic heterocycles. The smallest absolute Gasteiger partial charge is 0.315 e. The summed E-state index contributed by atoms with van der Waals surface area (Å²) in [4.78, 5) is 23.1. The minimum Gasteiger partial charge on any atom is -0.355 e. The van der Waals surface area contributed by atoms with Crippen molar-refractivity contribution in [2.45, 2.75) is 31.6 Å². The summed E-state index contributed by atoms with van der Waals surface area (Å²) in [5.74, 6) is -0.458. The van der Waals surface area contributed by atoms with Crippen LogP contribution in [0.25, 0.3) is 0 Å². The zero-order chi connectivity index (χ0) is 16.0. The van der Waals surface area contributed by atoms with Crippen molar-refractivity contribution < 1.29 is 14.0 Å². The van der Waals surface area contributed by atoms with Crippen molar-refractivity contribution in [2.24, 2.45) is 0 Å². The maximum Gasteiger partial charge on any atom is 0.315 e. The van der Waals surface area contributed by atoms with Crippen molar-refractivity contribution in [2.75, 3.05) is 19.6 Å². The lowest BCUT2D eigenvalue weighted by molar-refractivity contribution is -0.120. The first-order valence-corrected chi connectivity index (χ1v) is 7.60. The Bertz CT molecular complexity index is 527. The fraction of sp³-hybridized carbons (Fsp3) is 0.500. The SMILES string of the molecule is CCCNC(=O)CNC(=O)NCC1(c2ccc(F)cc2)CC1. The molecule has 1 aromatic carbocycles. The van der Waals surface area contributed by atoms with Crippen LogP contribution < -0.4 is 16.0 Å². The number of carbonyl (C=O) groups excluding carboxylic acids is 2. The summed E-state index contributed by atoms with van der Waals surface area (Å²) in [5.41, 5.74) is 0.949. The van der Waals surface area contributed by atoms with Crippen molar-refractivity contribution in [3.8, 4) is 0 Å². The molecule has 5 nitrogen and oxygen atoms in total. The second-order valence-corrected chi connectivity index (χ2v) is 5.67. The lowest BCUT2D eigenvalue weighted by atomic mass is 9.96. The molecule has 1 aliphatic carbocycles. The Kier molecular flexibility index (Phi) is 5.35. The molecule has 1 aliphatic rings. The van der Waals surface area contributed by atoms with Crippen LogP contribution in [0.2, 0.25) is 0 Å². The molecule has 1 aromatic rings. The van der Waals surface area contributed by atoms with Gasteiger partial charge in [-0.05, 0) is 37.0 Å². The fourth-order valence-electron chi connectivity index (χ4n) is 2.32. The summed E-state index contributed by atoms with van der Waals surface area (Å²) < 4.78 is 13.0. The third-order valence-electron chi connectivity index (χ3n) is 3.88. The van der Waals surface area contributed by atoms with E-state index in [1.807, 2.05) is 6.92 Å². The van der Waals surface area contributed by atoms with Gasteiger partial charge in [0.25, 0.3) is 0 Å². The van der Waals surface area contributed by atoms with E-state index < -0.39 is 0 Å². The summed E-state index contributed by atoms with van der Waals surface area (Å²) in [7, 11) is 0. The Morgan fingerprint density at radius 2 is 1.82 bits per heavy atom. The Morgan fingerprint density at radius 3 is 2.41 bits per heavy atom. The van der Waals surface area contributed by atoms with Crippen molar-refractivity contribution >= 4 is 11.9 Å². The lowest BCUT2D eigenvalue weighted by Crippen LogP contribution is -2.44. The van der Waals surface area contributed by atoms with Crippen LogP contribution in [0.15, 0.2) is 24.3 Å². The molecule has 6 heteroatoms. The number of rotatable bonds is 7. The molecular formula is C16H22FN3O2. The second kappa shape index (κ2) is 7.24. The molecule has 120 valence electrons. The molecule has 2 rings (SSSR count). The molecule has 0 heterocycles. The van der Waals surface area contributed by atoms with Gasteiger partial charge in [0, 0.05) is 18.5 Å². The summed E-state index contributed by atoms with van der Waals surface area (Å²) in [6, 6.07) is 6.04. The molecule has 3 N–H and O–H groups in total. The second-order valence-electron chi connectivity index (χ2n) is 5.67. The van der Waals surface area contributed by atoms with Crippen molar-refractivity contribution in [3.05, 3.63) is 35.6 Å². The van der Waals surface area contributed by atoms with Gasteiger partial charge in [-0.2, -0.15) is 0 Å². The Labute approximate surface area is 129 Å². The van der Waals surface area contributed by atoms with Gasteiger partial charge in [0.2, 0.25) is 5.91 Å². The minimum atomic E-state index is -0.361. The summed E-state index contributed by atoms with van der Waals surface area (Å²) in [6.07, 6.45) is 2.80. The molecule has 0 atom stereocenters. The average molecular weight is 307 g/mol. The monoisotopic (exact) mass is 307 g/mol. The minimum absolute atomic E-state index is 0.0324. The van der Waals surface area contributed by atoms with Crippen LogP contribution in [0.3, 0.4) is 0 Å². The molecule has 3 amide bonds. The topological polar surface area (TPSA) is 70.2 Å². The number of benzene rings is 1. The number of hydrogen-bond donors (Lipinski definition) is 3. The van der Waals surface area contributed by atoms with E-state index in [1.165, 1.54) is 12.1 Å². The molecule has 0 radical (unpaired) electrons. The lowest BCUT2D eigenvalue weighted by Gasteiger charge is -2.17. The van der Waals surface area contributed by atoms with E-state index in [-0.39, 0.29) is 29.7 Å². The predicted molar refractivity (Wildman–Crippen MR) is 82.0 cm³/mol. The summed E-state index contributed by atoms with van der Waals surface area (Å²) in [5, 5.41) is 8.00. The van der Waals surface area contributed by atoms with Crippen LogP contribution in [-0.4, -0.2) is 31.6 Å². The Morgan fingerprint density at radius 1 is 1.14 bits per heavy atom. The molecule has 0 spiro atoms. The van der Waals surface area contributed by atoms with Gasteiger partial charge in [-0.3, -0.25) is 4.79 Å². The highest BCUT2D eigenvalue weighted by Gasteiger charge is 2.44. The number of carbonyl (C=O) groups is 2. The maximum absolute atomic E-state index is 13.0. The molecule has 1 fully saturated rings. The van der Waals surface area contributed by atoms with Crippen molar-refractivity contribution in [1.82, 2.24) is 16.0 Å². The fourth-order valence-corrected chi connectivity index (χ4v) is 2.32. The largest absolute Gasteiger partial charge is 0.355 e. The zero-order valence-corrected chi connectivity index (χ0v) is 12.7. The first-order chi connectivity index (χ1) is 10.6. The van der Waals surface area contributed by atoms with Crippen molar-refractivity contribution in [3.63, 3.8) is 0 Å². The van der Waals surface area contributed by atoms with E-state index in [4.69, 9.17) is 0 Å². The molecule has 0 aromatic heterocycles. The van der Waals surface area contributed by atoms with E-state index in [9.17, 15) is 14.0 Å². The van der Waals surface area contributed by atoms with Gasteiger partial charge in [0.05, 0.1) is 6.54 Å². The van der Waals surface area contributed by atoms with Gasteiger partial charge >= 0.3 is 6.03 Å². The number of halogens is 1. The highest BCUT2D eigenvalue weighted by molar-refractivity contribution is 5.83. The molecule has 22 heavy (non-hydrogen) atoms. The third-order valence-corrected chi connectivity index (χ3v) is 3.88. The first kappa shape index (κ1) is 16.3. The summed E-state index contributed by atoms with van der Waals surface area (Å²) >= 11 is 0. The third kappa shape index (κ3) is 4.44. The van der Waals surface area contributed by atoms with Gasteiger partial charge in [-0.15, -0.1) is 0 Å². The van der Waals surface area contributed by atoms with Gasteiger partial charge in [0.1, 0.15) is 5.82 Å². The van der Waals surface area contributed by atoms with E-state index in [0.717, 1.165) is 24.8 Å². The first-order valence-electron chi connectivity index (χ1n) is 7.60. The zero-order valence-electron chi connectivity index (χ0n) is 12.7. The molecule has 0 unspecified atom stereocenters. The van der Waals surface area contributed by atoms with Crippen molar-refractivity contribution in [1.29, 1.82) is 0 Å². The summed E-state index contributed by atoms with van der Waals surface area (Å²) in [6.45, 7) is 3.02. The molecule has 0 bridgehead atoms. The Hall–Kier alpha value is -2.11. The van der Waals surface area contributed by atoms with Gasteiger partial charge in [-0.25, -0.2) is 9.18 Å². The number of urea groups is 1. The molecule has 0 saturated heterocycles. The van der Waals surface area contributed by atoms with E-state index in [0.29, 0.717) is 13.1 Å². The van der Waals surface area contributed by atoms with Crippen LogP contribution in [-0.2, 0) is 10.2 Å². The number of nitrogens with one attached hydrogen (secondary N) is 3. The standard InChI is InChI=1S/C16H22FN3O2/c1-2-9-18-14(21)10-19-15(22)20-11-16(7-8-16)12-3-5-13(17)6-4-12/h3-6H,2,7-11H2,1H3,(H,18,21)(H2,19,20,22). The quantitative estimate of drug-likeness (QED) is 0.717. The number of amides is 3. The van der Waals surface area contributed by atoms with E-state index in [2.05, 4.69) is 16.0 Å². The van der Waals surface area contributed by atoms with Gasteiger partial charge in [0.15, 0.2) is 0 Å². The maximum atomic E-state index is 13.0. The molecule has 1 saturated carbocycles. The Balaban J connectivity index is 1.74. The van der Waals surface area contributed by atoms with Crippen LogP contribution in [0.4, 0.5) is 9.18 Å². The highest BCUT2D eigenvalue weighted by Crippen LogP contribution is 2.47. The number of hydrogen-bond acceptors (Lipinski definition) is 2. The van der Waals surface area contributed by atoms with Crippen LogP contribution in [0.1, 0.15) is 31.7 Å². The van der Waals surface area contributed by atoms with Gasteiger partial charge < -0.3 is 16.0 Å². The average Bonchev–Trinajstić information content (AvgIpc) is 3.30. The van der Waals surface area contributed by atoms with E-state index >= 15 is 0 Å². The van der Waals surface area contributed by atoms with Crippen LogP contribution in [0.5, 0.6) is 0 Å². The molecular weight excluding hydrogens is 285 g/mol.